The van der Waals surface area contributed by atoms with Crippen LogP contribution in [0.2, 0.25) is 0 Å². The molecule has 1 amide bonds. The Hall–Kier alpha value is -3.61. The van der Waals surface area contributed by atoms with Crippen molar-refractivity contribution in [2.75, 3.05) is 5.32 Å². The van der Waals surface area contributed by atoms with E-state index in [1.807, 2.05) is 6.07 Å². The monoisotopic (exact) mass is 380 g/mol. The summed E-state index contributed by atoms with van der Waals surface area (Å²) in [6, 6.07) is 13.5. The number of fused-ring (bicyclic) bond motifs is 1. The third-order valence-corrected chi connectivity index (χ3v) is 3.65. The molecule has 0 unspecified atom stereocenters. The van der Waals surface area contributed by atoms with E-state index >= 15 is 0 Å². The summed E-state index contributed by atoms with van der Waals surface area (Å²) in [4.78, 5) is 27.1. The summed E-state index contributed by atoms with van der Waals surface area (Å²) in [5.74, 6) is 0.306. The minimum atomic E-state index is -0.986. The molecule has 0 radical (unpaired) electrons. The van der Waals surface area contributed by atoms with Crippen LogP contribution in [0.4, 0.5) is 10.6 Å². The van der Waals surface area contributed by atoms with Gasteiger partial charge >= 0.3 is 12.1 Å². The van der Waals surface area contributed by atoms with Crippen LogP contribution in [0.3, 0.4) is 0 Å². The second-order valence-corrected chi connectivity index (χ2v) is 7.13. The number of carbonyl (C=O) groups is 2. The highest BCUT2D eigenvalue weighted by Gasteiger charge is 2.16. The second kappa shape index (κ2) is 7.56. The minimum Gasteiger partial charge on any atom is -0.478 e. The molecule has 3 aromatic rings. The van der Waals surface area contributed by atoms with Gasteiger partial charge in [-0.2, -0.15) is 0 Å². The Labute approximate surface area is 161 Å². The standard InChI is InChI=1S/C21H20N2O5/c1-21(2,3)28-20(26)23-18-12-17(8-9-22-18)27-16-7-6-13-4-5-14(19(24)25)10-15(13)11-16/h4-12H,1-3H3,(H,24,25)(H,22,23,26). The number of aromatic nitrogens is 1. The number of benzene rings is 2. The maximum atomic E-state index is 11.9. The van der Waals surface area contributed by atoms with Crippen molar-refractivity contribution in [1.29, 1.82) is 0 Å². The van der Waals surface area contributed by atoms with E-state index in [4.69, 9.17) is 14.6 Å². The molecule has 0 spiro atoms. The smallest absolute Gasteiger partial charge is 0.413 e. The van der Waals surface area contributed by atoms with Crippen LogP contribution in [0.5, 0.6) is 11.5 Å². The van der Waals surface area contributed by atoms with E-state index in [0.717, 1.165) is 10.8 Å². The molecule has 0 aliphatic heterocycles. The third kappa shape index (κ3) is 4.97. The van der Waals surface area contributed by atoms with Crippen molar-refractivity contribution >= 4 is 28.7 Å². The minimum absolute atomic E-state index is 0.206. The number of hydrogen-bond donors (Lipinski definition) is 2. The molecule has 1 heterocycles. The van der Waals surface area contributed by atoms with Crippen LogP contribution in [0.25, 0.3) is 10.8 Å². The van der Waals surface area contributed by atoms with E-state index in [1.165, 1.54) is 6.20 Å². The average molecular weight is 380 g/mol. The fraction of sp³-hybridized carbons (Fsp3) is 0.190. The fourth-order valence-electron chi connectivity index (χ4n) is 2.51. The molecule has 0 saturated heterocycles. The molecule has 0 saturated carbocycles. The fourth-order valence-corrected chi connectivity index (χ4v) is 2.51. The van der Waals surface area contributed by atoms with E-state index < -0.39 is 17.7 Å². The number of aromatic carboxylic acids is 1. The Morgan fingerprint density at radius 2 is 1.68 bits per heavy atom. The highest BCUT2D eigenvalue weighted by Crippen LogP contribution is 2.27. The summed E-state index contributed by atoms with van der Waals surface area (Å²) in [6.45, 7) is 5.32. The molecular formula is C21H20N2O5. The third-order valence-electron chi connectivity index (χ3n) is 3.65. The topological polar surface area (TPSA) is 97.8 Å². The van der Waals surface area contributed by atoms with Crippen molar-refractivity contribution in [2.45, 2.75) is 26.4 Å². The first-order chi connectivity index (χ1) is 13.2. The van der Waals surface area contributed by atoms with Crippen LogP contribution in [0, 0.1) is 0 Å². The average Bonchev–Trinajstić information content (AvgIpc) is 2.59. The van der Waals surface area contributed by atoms with Crippen molar-refractivity contribution in [2.24, 2.45) is 0 Å². The predicted molar refractivity (Wildman–Crippen MR) is 105 cm³/mol. The van der Waals surface area contributed by atoms with Crippen LogP contribution < -0.4 is 10.1 Å². The molecule has 0 aliphatic carbocycles. The number of amides is 1. The van der Waals surface area contributed by atoms with Crippen molar-refractivity contribution in [3.05, 3.63) is 60.3 Å². The van der Waals surface area contributed by atoms with Crippen molar-refractivity contribution < 1.29 is 24.2 Å². The summed E-state index contributed by atoms with van der Waals surface area (Å²) < 4.78 is 11.0. The number of pyridine rings is 1. The quantitative estimate of drug-likeness (QED) is 0.655. The lowest BCUT2D eigenvalue weighted by Gasteiger charge is -2.19. The van der Waals surface area contributed by atoms with Crippen LogP contribution in [0.1, 0.15) is 31.1 Å². The molecule has 2 N–H and O–H groups in total. The zero-order valence-electron chi connectivity index (χ0n) is 15.7. The van der Waals surface area contributed by atoms with E-state index in [0.29, 0.717) is 17.3 Å². The largest absolute Gasteiger partial charge is 0.478 e. The lowest BCUT2D eigenvalue weighted by molar-refractivity contribution is 0.0633. The van der Waals surface area contributed by atoms with Gasteiger partial charge < -0.3 is 14.6 Å². The molecular weight excluding hydrogens is 360 g/mol. The van der Waals surface area contributed by atoms with Crippen LogP contribution in [-0.4, -0.2) is 27.8 Å². The Morgan fingerprint density at radius 3 is 2.39 bits per heavy atom. The SMILES string of the molecule is CC(C)(C)OC(=O)Nc1cc(Oc2ccc3ccc(C(=O)O)cc3c2)ccn1. The van der Waals surface area contributed by atoms with Gasteiger partial charge in [0.2, 0.25) is 0 Å². The molecule has 144 valence electrons. The van der Waals surface area contributed by atoms with Gasteiger partial charge in [-0.1, -0.05) is 12.1 Å². The van der Waals surface area contributed by atoms with Crippen molar-refractivity contribution in [3.8, 4) is 11.5 Å². The molecule has 7 nitrogen and oxygen atoms in total. The first kappa shape index (κ1) is 19.2. The number of nitrogens with one attached hydrogen (secondary N) is 1. The molecule has 2 aromatic carbocycles. The highest BCUT2D eigenvalue weighted by molar-refractivity contribution is 5.94. The van der Waals surface area contributed by atoms with E-state index in [9.17, 15) is 9.59 Å². The van der Waals surface area contributed by atoms with E-state index in [2.05, 4.69) is 10.3 Å². The van der Waals surface area contributed by atoms with Gasteiger partial charge in [0.25, 0.3) is 0 Å². The summed E-state index contributed by atoms with van der Waals surface area (Å²) in [7, 11) is 0. The summed E-state index contributed by atoms with van der Waals surface area (Å²) in [5.41, 5.74) is -0.407. The van der Waals surface area contributed by atoms with Crippen LogP contribution in [0.15, 0.2) is 54.7 Å². The number of anilines is 1. The first-order valence-electron chi connectivity index (χ1n) is 8.61. The molecule has 3 rings (SSSR count). The maximum absolute atomic E-state index is 11.9. The Morgan fingerprint density at radius 1 is 0.964 bits per heavy atom. The van der Waals surface area contributed by atoms with Crippen molar-refractivity contribution in [1.82, 2.24) is 4.98 Å². The number of carbonyl (C=O) groups excluding carboxylic acids is 1. The van der Waals surface area contributed by atoms with Gasteiger partial charge in [-0.05, 0) is 61.9 Å². The number of nitrogens with zero attached hydrogens (tertiary/aromatic N) is 1. The number of ether oxygens (including phenoxy) is 2. The van der Waals surface area contributed by atoms with E-state index in [1.54, 1.807) is 63.2 Å². The van der Waals surface area contributed by atoms with Gasteiger partial charge in [0, 0.05) is 12.3 Å². The Bertz CT molecular complexity index is 1040. The molecule has 0 aliphatic rings. The number of carboxylic acid groups (broad SMARTS) is 1. The lowest BCUT2D eigenvalue weighted by Crippen LogP contribution is -2.27. The molecule has 28 heavy (non-hydrogen) atoms. The van der Waals surface area contributed by atoms with Gasteiger partial charge in [-0.15, -0.1) is 0 Å². The lowest BCUT2D eigenvalue weighted by atomic mass is 10.1. The number of carboxylic acids is 1. The summed E-state index contributed by atoms with van der Waals surface area (Å²) in [6.07, 6.45) is 0.898. The van der Waals surface area contributed by atoms with Crippen LogP contribution >= 0.6 is 0 Å². The normalized spacial score (nSPS) is 11.1. The Balaban J connectivity index is 1.78. The molecule has 0 atom stereocenters. The first-order valence-corrected chi connectivity index (χ1v) is 8.61. The van der Waals surface area contributed by atoms with Crippen LogP contribution in [-0.2, 0) is 4.74 Å². The number of hydrogen-bond acceptors (Lipinski definition) is 5. The molecule has 0 bridgehead atoms. The highest BCUT2D eigenvalue weighted by atomic mass is 16.6. The summed E-state index contributed by atoms with van der Waals surface area (Å²) >= 11 is 0. The van der Waals surface area contributed by atoms with E-state index in [-0.39, 0.29) is 5.56 Å². The Kier molecular flexibility index (Phi) is 5.17. The predicted octanol–water partition coefficient (Wildman–Crippen LogP) is 5.07. The van der Waals surface area contributed by atoms with Gasteiger partial charge in [0.05, 0.1) is 5.56 Å². The maximum Gasteiger partial charge on any atom is 0.413 e. The molecule has 1 aromatic heterocycles. The van der Waals surface area contributed by atoms with Gasteiger partial charge in [0.1, 0.15) is 22.9 Å². The molecule has 7 heteroatoms. The summed E-state index contributed by atoms with van der Waals surface area (Å²) in [5, 5.41) is 13.3. The zero-order valence-corrected chi connectivity index (χ0v) is 15.7. The van der Waals surface area contributed by atoms with Crippen molar-refractivity contribution in [3.63, 3.8) is 0 Å². The molecule has 0 fully saturated rings. The number of rotatable bonds is 4. The zero-order chi connectivity index (χ0) is 20.3. The second-order valence-electron chi connectivity index (χ2n) is 7.13. The van der Waals surface area contributed by atoms with Gasteiger partial charge in [0.15, 0.2) is 0 Å². The van der Waals surface area contributed by atoms with Gasteiger partial charge in [-0.3, -0.25) is 5.32 Å². The van der Waals surface area contributed by atoms with Gasteiger partial charge in [-0.25, -0.2) is 14.6 Å².